The Kier molecular flexibility index (Phi) is 4.04. The minimum Gasteiger partial charge on any atom is -0.371 e. The number of anilines is 1. The molecule has 2 aromatic rings. The smallest absolute Gasteiger partial charge is 0.225 e. The predicted molar refractivity (Wildman–Crippen MR) is 106 cm³/mol. The molecule has 0 radical (unpaired) electrons. The van der Waals surface area contributed by atoms with Gasteiger partial charge >= 0.3 is 0 Å². The van der Waals surface area contributed by atoms with E-state index in [1.807, 2.05) is 6.20 Å². The normalized spacial score (nSPS) is 25.1. The van der Waals surface area contributed by atoms with Crippen LogP contribution < -0.4 is 16.0 Å². The van der Waals surface area contributed by atoms with Crippen LogP contribution in [0.25, 0.3) is 11.2 Å². The van der Waals surface area contributed by atoms with Gasteiger partial charge in [0.2, 0.25) is 5.95 Å². The highest BCUT2D eigenvalue weighted by atomic mass is 32.1. The quantitative estimate of drug-likeness (QED) is 0.696. The summed E-state index contributed by atoms with van der Waals surface area (Å²) in [6.07, 6.45) is 10.3. The molecule has 138 valence electrons. The average molecular weight is 372 g/mol. The van der Waals surface area contributed by atoms with E-state index in [0.29, 0.717) is 12.0 Å². The third kappa shape index (κ3) is 2.66. The van der Waals surface area contributed by atoms with E-state index in [1.165, 1.54) is 25.7 Å². The van der Waals surface area contributed by atoms with Crippen molar-refractivity contribution >= 4 is 34.3 Å². The summed E-state index contributed by atoms with van der Waals surface area (Å²) in [5.74, 6) is 1.55. The van der Waals surface area contributed by atoms with Crippen LogP contribution in [0.3, 0.4) is 0 Å². The molecule has 4 heterocycles. The average Bonchev–Trinajstić information content (AvgIpc) is 3.07. The van der Waals surface area contributed by atoms with E-state index >= 15 is 0 Å². The molecule has 0 unspecified atom stereocenters. The van der Waals surface area contributed by atoms with Crippen LogP contribution in [-0.4, -0.2) is 50.2 Å². The summed E-state index contributed by atoms with van der Waals surface area (Å²) in [5.41, 5.74) is 1.80. The van der Waals surface area contributed by atoms with Crippen LogP contribution in [0.5, 0.6) is 0 Å². The topological polar surface area (TPSA) is 79.7 Å². The zero-order valence-electron chi connectivity index (χ0n) is 14.9. The Labute approximate surface area is 158 Å². The molecular formula is C18H25N7S. The first-order chi connectivity index (χ1) is 12.8. The second-order valence-corrected chi connectivity index (χ2v) is 8.24. The van der Waals surface area contributed by atoms with Gasteiger partial charge in [0.1, 0.15) is 10.5 Å². The van der Waals surface area contributed by atoms with Gasteiger partial charge in [-0.3, -0.25) is 4.57 Å². The molecule has 2 fully saturated rings. The first-order valence-corrected chi connectivity index (χ1v) is 10.2. The fourth-order valence-corrected chi connectivity index (χ4v) is 4.93. The molecule has 1 saturated carbocycles. The van der Waals surface area contributed by atoms with Crippen LogP contribution in [0, 0.1) is 0 Å². The van der Waals surface area contributed by atoms with Gasteiger partial charge in [0.05, 0.1) is 11.7 Å². The van der Waals surface area contributed by atoms with Gasteiger partial charge in [0.15, 0.2) is 11.5 Å². The Morgan fingerprint density at radius 2 is 2.08 bits per heavy atom. The van der Waals surface area contributed by atoms with Crippen LogP contribution in [-0.2, 0) is 5.54 Å². The molecule has 8 heteroatoms. The summed E-state index contributed by atoms with van der Waals surface area (Å²) in [6.45, 7) is 2.94. The fraction of sp³-hybridized carbons (Fsp3) is 0.667. The third-order valence-electron chi connectivity index (χ3n) is 6.07. The molecule has 5 rings (SSSR count). The maximum atomic E-state index is 5.55. The summed E-state index contributed by atoms with van der Waals surface area (Å²) in [6, 6.07) is 0.385. The van der Waals surface area contributed by atoms with E-state index in [2.05, 4.69) is 25.5 Å². The lowest BCUT2D eigenvalue weighted by Crippen LogP contribution is -2.52. The third-order valence-corrected chi connectivity index (χ3v) is 6.40. The van der Waals surface area contributed by atoms with E-state index in [4.69, 9.17) is 22.2 Å². The number of aromatic nitrogens is 4. The van der Waals surface area contributed by atoms with E-state index in [1.54, 1.807) is 0 Å². The van der Waals surface area contributed by atoms with Crippen molar-refractivity contribution in [2.75, 3.05) is 25.0 Å². The number of hydrogen-bond acceptors (Lipinski definition) is 6. The molecule has 3 N–H and O–H groups in total. The maximum absolute atomic E-state index is 5.55. The highest BCUT2D eigenvalue weighted by molar-refractivity contribution is 7.80. The Bertz CT molecular complexity index is 833. The van der Waals surface area contributed by atoms with E-state index in [0.717, 1.165) is 60.9 Å². The van der Waals surface area contributed by atoms with Gasteiger partial charge in [0, 0.05) is 19.1 Å². The van der Waals surface area contributed by atoms with Crippen molar-refractivity contribution in [1.82, 2.24) is 30.2 Å². The number of piperidine rings is 1. The molecule has 0 amide bonds. The lowest BCUT2D eigenvalue weighted by atomic mass is 9.80. The van der Waals surface area contributed by atoms with E-state index in [9.17, 15) is 0 Å². The van der Waals surface area contributed by atoms with E-state index in [-0.39, 0.29) is 5.54 Å². The minimum absolute atomic E-state index is 0.0443. The lowest BCUT2D eigenvalue weighted by Gasteiger charge is -2.42. The first-order valence-electron chi connectivity index (χ1n) is 9.77. The lowest BCUT2D eigenvalue weighted by molar-refractivity contribution is 0.192. The first kappa shape index (κ1) is 16.4. The van der Waals surface area contributed by atoms with E-state index < -0.39 is 0 Å². The van der Waals surface area contributed by atoms with Crippen LogP contribution in [0.4, 0.5) is 5.95 Å². The van der Waals surface area contributed by atoms with Gasteiger partial charge in [-0.1, -0.05) is 31.5 Å². The number of hydrogen-bond donors (Lipinski definition) is 3. The molecule has 26 heavy (non-hydrogen) atoms. The number of thiocarbonyl (C=S) groups is 1. The van der Waals surface area contributed by atoms with Crippen molar-refractivity contribution in [3.05, 3.63) is 12.0 Å². The number of rotatable bonds is 2. The van der Waals surface area contributed by atoms with Crippen molar-refractivity contribution in [2.24, 2.45) is 0 Å². The second kappa shape index (κ2) is 6.42. The van der Waals surface area contributed by atoms with Crippen molar-refractivity contribution in [3.8, 4) is 0 Å². The van der Waals surface area contributed by atoms with Gasteiger partial charge in [-0.05, 0) is 32.2 Å². The molecule has 2 aromatic heterocycles. The molecule has 1 atom stereocenters. The monoisotopic (exact) mass is 371 g/mol. The Balaban J connectivity index is 1.57. The van der Waals surface area contributed by atoms with Gasteiger partial charge in [-0.2, -0.15) is 4.98 Å². The number of imidazole rings is 1. The van der Waals surface area contributed by atoms with Crippen LogP contribution in [0.2, 0.25) is 0 Å². The number of nitrogens with zero attached hydrogens (tertiary/aromatic N) is 4. The highest BCUT2D eigenvalue weighted by Crippen LogP contribution is 2.39. The highest BCUT2D eigenvalue weighted by Gasteiger charge is 2.41. The van der Waals surface area contributed by atoms with Gasteiger partial charge in [-0.25, -0.2) is 9.97 Å². The number of fused-ring (bicyclic) bond motifs is 4. The van der Waals surface area contributed by atoms with Crippen molar-refractivity contribution in [2.45, 2.75) is 56.5 Å². The summed E-state index contributed by atoms with van der Waals surface area (Å²) in [7, 11) is 0. The summed E-state index contributed by atoms with van der Waals surface area (Å²) < 4.78 is 2.33. The molecule has 0 bridgehead atoms. The van der Waals surface area contributed by atoms with Gasteiger partial charge in [-0.15, -0.1) is 0 Å². The predicted octanol–water partition coefficient (Wildman–Crippen LogP) is 1.93. The fourth-order valence-electron chi connectivity index (χ4n) is 4.72. The van der Waals surface area contributed by atoms with Gasteiger partial charge < -0.3 is 16.0 Å². The Hall–Kier alpha value is -1.80. The Morgan fingerprint density at radius 3 is 2.88 bits per heavy atom. The van der Waals surface area contributed by atoms with Gasteiger partial charge in [0.25, 0.3) is 0 Å². The number of nitrogens with one attached hydrogen (secondary N) is 3. The zero-order chi connectivity index (χ0) is 17.6. The summed E-state index contributed by atoms with van der Waals surface area (Å²) >= 11 is 5.55. The van der Waals surface area contributed by atoms with Crippen molar-refractivity contribution in [3.63, 3.8) is 0 Å². The SMILES string of the molecule is S=C1NCC2(CCCCC2)n2c1nc1cnc(N[C@@H]3CCCNC3)nc12. The molecular weight excluding hydrogens is 346 g/mol. The molecule has 2 aliphatic heterocycles. The molecule has 1 spiro atoms. The molecule has 3 aliphatic rings. The van der Waals surface area contributed by atoms with Crippen LogP contribution in [0.15, 0.2) is 6.20 Å². The maximum Gasteiger partial charge on any atom is 0.225 e. The minimum atomic E-state index is 0.0443. The molecule has 0 aromatic carbocycles. The van der Waals surface area contributed by atoms with Crippen molar-refractivity contribution in [1.29, 1.82) is 0 Å². The molecule has 1 aliphatic carbocycles. The molecule has 1 saturated heterocycles. The Morgan fingerprint density at radius 1 is 1.19 bits per heavy atom. The summed E-state index contributed by atoms with van der Waals surface area (Å²) in [4.78, 5) is 14.9. The zero-order valence-corrected chi connectivity index (χ0v) is 15.7. The molecule has 7 nitrogen and oxygen atoms in total. The largest absolute Gasteiger partial charge is 0.371 e. The second-order valence-electron chi connectivity index (χ2n) is 7.83. The summed E-state index contributed by atoms with van der Waals surface area (Å²) in [5, 5.41) is 10.3. The van der Waals surface area contributed by atoms with Crippen LogP contribution in [0.1, 0.15) is 50.8 Å². The van der Waals surface area contributed by atoms with Crippen molar-refractivity contribution < 1.29 is 0 Å². The standard InChI is InChI=1S/C18H25N7S/c26-16-15-23-13-10-20-17(22-12-5-4-8-19-9-12)24-14(13)25(15)18(11-21-16)6-2-1-3-7-18/h10,12,19H,1-9,11H2,(H,21,26)(H,20,22,24)/t12-/m1/s1. The van der Waals surface area contributed by atoms with Crippen LogP contribution >= 0.6 is 12.2 Å².